The molecule has 1 rings (SSSR count). The number of esters is 1. The normalized spacial score (nSPS) is 9.13. The number of hydrogen-bond donors (Lipinski definition) is 3. The third-order valence-corrected chi connectivity index (χ3v) is 1.57. The minimum Gasteiger partial charge on any atom is -0.465 e. The van der Waals surface area contributed by atoms with Crippen molar-refractivity contribution in [2.24, 2.45) is 10.3 Å². The van der Waals surface area contributed by atoms with Crippen LogP contribution in [0, 0.1) is 11.1 Å². The van der Waals surface area contributed by atoms with Gasteiger partial charge in [-0.05, 0) is 6.07 Å². The molecule has 15 heavy (non-hydrogen) atoms. The van der Waals surface area contributed by atoms with Gasteiger partial charge in [0.25, 0.3) is 0 Å². The lowest BCUT2D eigenvalue weighted by Gasteiger charge is -2.03. The molecule has 0 aliphatic carbocycles. The standard InChI is InChI=1S/C7H8N6O2/c1-15-7(14)4-2-5(12-13-9)6(11-8)10-3-4/h2-3,8H,1H3,(H2,9,12). The maximum Gasteiger partial charge on any atom is 0.339 e. The Morgan fingerprint density at radius 3 is 2.87 bits per heavy atom. The topological polar surface area (TPSA) is 124 Å². The molecular formula is C7H8N6O2. The van der Waals surface area contributed by atoms with Crippen LogP contribution in [-0.4, -0.2) is 18.1 Å². The molecule has 1 aromatic rings. The molecule has 0 radical (unpaired) electrons. The van der Waals surface area contributed by atoms with Gasteiger partial charge in [0.05, 0.1) is 12.7 Å². The SMILES string of the molecule is COC(=O)c1cnc(N=N)c(NN=N)c1. The molecule has 1 heterocycles. The average Bonchev–Trinajstić information content (AvgIpc) is 2.28. The van der Waals surface area contributed by atoms with Gasteiger partial charge in [-0.1, -0.05) is 5.22 Å². The lowest BCUT2D eigenvalue weighted by molar-refractivity contribution is 0.0600. The third-order valence-electron chi connectivity index (χ3n) is 1.57. The fraction of sp³-hybridized carbons (Fsp3) is 0.143. The number of carbonyl (C=O) groups excluding carboxylic acids is 1. The van der Waals surface area contributed by atoms with Crippen molar-refractivity contribution in [3.05, 3.63) is 17.8 Å². The van der Waals surface area contributed by atoms with E-state index in [-0.39, 0.29) is 17.1 Å². The van der Waals surface area contributed by atoms with E-state index in [1.165, 1.54) is 19.4 Å². The molecule has 0 saturated heterocycles. The predicted octanol–water partition coefficient (Wildman–Crippen LogP) is 1.89. The Bertz CT molecular complexity index is 404. The highest BCUT2D eigenvalue weighted by Crippen LogP contribution is 2.23. The molecule has 0 fully saturated rings. The van der Waals surface area contributed by atoms with Gasteiger partial charge in [0.1, 0.15) is 5.69 Å². The van der Waals surface area contributed by atoms with Crippen LogP contribution in [0.2, 0.25) is 0 Å². The first-order valence-electron chi connectivity index (χ1n) is 3.81. The Kier molecular flexibility index (Phi) is 3.38. The predicted molar refractivity (Wildman–Crippen MR) is 49.2 cm³/mol. The number of anilines is 1. The van der Waals surface area contributed by atoms with Crippen molar-refractivity contribution >= 4 is 17.5 Å². The van der Waals surface area contributed by atoms with Crippen LogP contribution >= 0.6 is 0 Å². The van der Waals surface area contributed by atoms with Crippen molar-refractivity contribution < 1.29 is 9.53 Å². The molecule has 78 valence electrons. The van der Waals surface area contributed by atoms with Crippen molar-refractivity contribution in [1.82, 2.24) is 4.98 Å². The van der Waals surface area contributed by atoms with Crippen molar-refractivity contribution in [3.8, 4) is 0 Å². The highest BCUT2D eigenvalue weighted by Gasteiger charge is 2.10. The monoisotopic (exact) mass is 208 g/mol. The fourth-order valence-corrected chi connectivity index (χ4v) is 0.919. The van der Waals surface area contributed by atoms with Gasteiger partial charge in [-0.2, -0.15) is 5.53 Å². The van der Waals surface area contributed by atoms with Crippen molar-refractivity contribution in [3.63, 3.8) is 0 Å². The molecule has 0 saturated carbocycles. The summed E-state index contributed by atoms with van der Waals surface area (Å²) in [5.74, 6) is -0.522. The average molecular weight is 208 g/mol. The zero-order valence-corrected chi connectivity index (χ0v) is 7.81. The molecule has 0 bridgehead atoms. The van der Waals surface area contributed by atoms with Gasteiger partial charge < -0.3 is 4.74 Å². The number of ether oxygens (including phenoxy) is 1. The second kappa shape index (κ2) is 4.74. The van der Waals surface area contributed by atoms with Crippen LogP contribution in [0.4, 0.5) is 11.5 Å². The Morgan fingerprint density at radius 2 is 2.33 bits per heavy atom. The lowest BCUT2D eigenvalue weighted by Crippen LogP contribution is -2.02. The van der Waals surface area contributed by atoms with E-state index in [9.17, 15) is 4.79 Å². The van der Waals surface area contributed by atoms with E-state index < -0.39 is 5.97 Å². The minimum absolute atomic E-state index is 0.0404. The summed E-state index contributed by atoms with van der Waals surface area (Å²) in [5.41, 5.74) is 16.0. The van der Waals surface area contributed by atoms with E-state index in [0.717, 1.165) is 0 Å². The Hall–Kier alpha value is -2.38. The molecule has 0 aliphatic rings. The lowest BCUT2D eigenvalue weighted by atomic mass is 10.2. The molecule has 8 heteroatoms. The Morgan fingerprint density at radius 1 is 1.60 bits per heavy atom. The summed E-state index contributed by atoms with van der Waals surface area (Å²) in [4.78, 5) is 14.8. The molecule has 0 atom stereocenters. The second-order valence-electron chi connectivity index (χ2n) is 2.42. The van der Waals surface area contributed by atoms with Gasteiger partial charge >= 0.3 is 5.97 Å². The summed E-state index contributed by atoms with van der Waals surface area (Å²) in [7, 11) is 1.24. The highest BCUT2D eigenvalue weighted by atomic mass is 16.5. The van der Waals surface area contributed by atoms with Crippen LogP contribution in [0.1, 0.15) is 10.4 Å². The molecule has 0 spiro atoms. The minimum atomic E-state index is -0.563. The number of aromatic nitrogens is 1. The van der Waals surface area contributed by atoms with E-state index in [1.807, 2.05) is 0 Å². The summed E-state index contributed by atoms with van der Waals surface area (Å²) in [6.45, 7) is 0. The third kappa shape index (κ3) is 2.30. The van der Waals surface area contributed by atoms with E-state index in [0.29, 0.717) is 0 Å². The molecular weight excluding hydrogens is 200 g/mol. The van der Waals surface area contributed by atoms with Crippen molar-refractivity contribution in [2.45, 2.75) is 0 Å². The van der Waals surface area contributed by atoms with Crippen molar-refractivity contribution in [1.29, 1.82) is 11.1 Å². The molecule has 0 aliphatic heterocycles. The van der Waals surface area contributed by atoms with Gasteiger partial charge in [-0.15, -0.1) is 5.11 Å². The quantitative estimate of drug-likeness (QED) is 0.397. The van der Waals surface area contributed by atoms with E-state index in [4.69, 9.17) is 11.1 Å². The van der Waals surface area contributed by atoms with Gasteiger partial charge in [0, 0.05) is 6.20 Å². The summed E-state index contributed by atoms with van der Waals surface area (Å²) >= 11 is 0. The van der Waals surface area contributed by atoms with Crippen LogP contribution in [0.15, 0.2) is 22.6 Å². The zero-order chi connectivity index (χ0) is 11.3. The number of carbonyl (C=O) groups is 1. The Balaban J connectivity index is 3.14. The summed E-state index contributed by atoms with van der Waals surface area (Å²) in [5, 5.41) is 6.00. The fourth-order valence-electron chi connectivity index (χ4n) is 0.919. The maximum absolute atomic E-state index is 11.1. The first-order valence-corrected chi connectivity index (χ1v) is 3.81. The summed E-state index contributed by atoms with van der Waals surface area (Å²) < 4.78 is 4.48. The number of rotatable bonds is 4. The van der Waals surface area contributed by atoms with Crippen LogP contribution in [0.25, 0.3) is 0 Å². The molecule has 8 nitrogen and oxygen atoms in total. The number of methoxy groups -OCH3 is 1. The van der Waals surface area contributed by atoms with Gasteiger partial charge in [-0.3, -0.25) is 5.43 Å². The highest BCUT2D eigenvalue weighted by molar-refractivity contribution is 5.90. The molecule has 0 unspecified atom stereocenters. The van der Waals surface area contributed by atoms with E-state index in [2.05, 4.69) is 25.5 Å². The number of nitrogens with zero attached hydrogens (tertiary/aromatic N) is 3. The van der Waals surface area contributed by atoms with E-state index in [1.54, 1.807) is 0 Å². The van der Waals surface area contributed by atoms with Crippen LogP contribution in [-0.2, 0) is 4.74 Å². The molecule has 0 aromatic carbocycles. The maximum atomic E-state index is 11.1. The largest absolute Gasteiger partial charge is 0.465 e. The smallest absolute Gasteiger partial charge is 0.339 e. The summed E-state index contributed by atoms with van der Waals surface area (Å²) in [6.07, 6.45) is 1.23. The van der Waals surface area contributed by atoms with Crippen molar-refractivity contribution in [2.75, 3.05) is 12.5 Å². The zero-order valence-electron chi connectivity index (χ0n) is 7.81. The molecule has 0 amide bonds. The van der Waals surface area contributed by atoms with Crippen LogP contribution in [0.5, 0.6) is 0 Å². The number of nitrogens with one attached hydrogen (secondary N) is 3. The van der Waals surface area contributed by atoms with E-state index >= 15 is 0 Å². The van der Waals surface area contributed by atoms with Crippen LogP contribution in [0.3, 0.4) is 0 Å². The number of pyridine rings is 1. The molecule has 1 aromatic heterocycles. The second-order valence-corrected chi connectivity index (χ2v) is 2.42. The first-order chi connectivity index (χ1) is 7.22. The van der Waals surface area contributed by atoms with Crippen LogP contribution < -0.4 is 5.43 Å². The van der Waals surface area contributed by atoms with Gasteiger partial charge in [0.2, 0.25) is 0 Å². The van der Waals surface area contributed by atoms with Gasteiger partial charge in [-0.25, -0.2) is 15.3 Å². The first kappa shape index (κ1) is 10.7. The summed E-state index contributed by atoms with van der Waals surface area (Å²) in [6, 6.07) is 1.35. The van der Waals surface area contributed by atoms with Gasteiger partial charge in [0.15, 0.2) is 5.82 Å². The number of hydrogen-bond acceptors (Lipinski definition) is 7. The Labute approximate surface area is 84.6 Å². The molecule has 3 N–H and O–H groups in total.